The van der Waals surface area contributed by atoms with Crippen LogP contribution in [0.4, 0.5) is 13.2 Å². The molecule has 0 aliphatic heterocycles. The lowest BCUT2D eigenvalue weighted by Crippen LogP contribution is -2.21. The molecular weight excluding hydrogens is 191 g/mol. The molecule has 0 aromatic carbocycles. The summed E-state index contributed by atoms with van der Waals surface area (Å²) >= 11 is 0. The SMILES string of the molecule is C=C(CCN(C)CCC)CC(F)(F)F. The molecule has 4 heteroatoms. The molecule has 0 atom stereocenters. The van der Waals surface area contributed by atoms with Crippen LogP contribution in [0.5, 0.6) is 0 Å². The van der Waals surface area contributed by atoms with Gasteiger partial charge in [-0.15, -0.1) is 0 Å². The predicted octanol–water partition coefficient (Wildman–Crippen LogP) is 3.23. The lowest BCUT2D eigenvalue weighted by molar-refractivity contribution is -0.127. The Balaban J connectivity index is 3.64. The highest BCUT2D eigenvalue weighted by atomic mass is 19.4. The maximum Gasteiger partial charge on any atom is 0.392 e. The van der Waals surface area contributed by atoms with Gasteiger partial charge in [0.1, 0.15) is 0 Å². The van der Waals surface area contributed by atoms with Crippen molar-refractivity contribution in [2.45, 2.75) is 32.4 Å². The van der Waals surface area contributed by atoms with Gasteiger partial charge in [-0.2, -0.15) is 13.2 Å². The standard InChI is InChI=1S/C10H18F3N/c1-4-6-14(3)7-5-9(2)8-10(11,12)13/h2,4-8H2,1,3H3. The van der Waals surface area contributed by atoms with Crippen LogP contribution in [0.1, 0.15) is 26.2 Å². The van der Waals surface area contributed by atoms with E-state index in [2.05, 4.69) is 6.58 Å². The van der Waals surface area contributed by atoms with Gasteiger partial charge in [-0.05, 0) is 26.4 Å². The van der Waals surface area contributed by atoms with Crippen molar-refractivity contribution in [2.24, 2.45) is 0 Å². The van der Waals surface area contributed by atoms with Crippen LogP contribution in [0.15, 0.2) is 12.2 Å². The van der Waals surface area contributed by atoms with E-state index in [1.165, 1.54) is 0 Å². The van der Waals surface area contributed by atoms with Crippen LogP contribution in [-0.2, 0) is 0 Å². The Morgan fingerprint density at radius 2 is 1.86 bits per heavy atom. The minimum Gasteiger partial charge on any atom is -0.306 e. The first-order valence-corrected chi connectivity index (χ1v) is 4.77. The summed E-state index contributed by atoms with van der Waals surface area (Å²) in [4.78, 5) is 2.02. The molecule has 0 aliphatic carbocycles. The second-order valence-electron chi connectivity index (χ2n) is 3.60. The normalized spacial score (nSPS) is 12.1. The Morgan fingerprint density at radius 1 is 1.29 bits per heavy atom. The predicted molar refractivity (Wildman–Crippen MR) is 52.2 cm³/mol. The van der Waals surface area contributed by atoms with E-state index in [-0.39, 0.29) is 5.57 Å². The van der Waals surface area contributed by atoms with Gasteiger partial charge in [0.2, 0.25) is 0 Å². The van der Waals surface area contributed by atoms with Gasteiger partial charge >= 0.3 is 6.18 Å². The molecule has 0 fully saturated rings. The fourth-order valence-corrected chi connectivity index (χ4v) is 1.21. The summed E-state index contributed by atoms with van der Waals surface area (Å²) < 4.78 is 35.7. The van der Waals surface area contributed by atoms with Crippen molar-refractivity contribution in [3.8, 4) is 0 Å². The van der Waals surface area contributed by atoms with Crippen LogP contribution in [0.2, 0.25) is 0 Å². The van der Waals surface area contributed by atoms with Crippen molar-refractivity contribution in [3.63, 3.8) is 0 Å². The molecule has 0 saturated heterocycles. The van der Waals surface area contributed by atoms with Gasteiger partial charge in [0, 0.05) is 6.54 Å². The lowest BCUT2D eigenvalue weighted by Gasteiger charge is -2.16. The quantitative estimate of drug-likeness (QED) is 0.607. The largest absolute Gasteiger partial charge is 0.392 e. The van der Waals surface area contributed by atoms with Gasteiger partial charge in [0.15, 0.2) is 0 Å². The van der Waals surface area contributed by atoms with Crippen LogP contribution in [0, 0.1) is 0 Å². The van der Waals surface area contributed by atoms with Gasteiger partial charge in [-0.25, -0.2) is 0 Å². The Morgan fingerprint density at radius 3 is 2.29 bits per heavy atom. The molecule has 0 saturated carbocycles. The monoisotopic (exact) mass is 209 g/mol. The molecule has 1 nitrogen and oxygen atoms in total. The Labute approximate surface area is 83.6 Å². The smallest absolute Gasteiger partial charge is 0.306 e. The molecular formula is C10H18F3N. The van der Waals surface area contributed by atoms with Crippen molar-refractivity contribution in [2.75, 3.05) is 20.1 Å². The summed E-state index contributed by atoms with van der Waals surface area (Å²) in [6, 6.07) is 0. The van der Waals surface area contributed by atoms with Crippen molar-refractivity contribution >= 4 is 0 Å². The fraction of sp³-hybridized carbons (Fsp3) is 0.800. The minimum absolute atomic E-state index is 0.264. The maximum atomic E-state index is 11.9. The van der Waals surface area contributed by atoms with E-state index in [9.17, 15) is 13.2 Å². The number of halogens is 3. The number of nitrogens with zero attached hydrogens (tertiary/aromatic N) is 1. The van der Waals surface area contributed by atoms with E-state index in [4.69, 9.17) is 0 Å². The van der Waals surface area contributed by atoms with Crippen molar-refractivity contribution in [3.05, 3.63) is 12.2 Å². The van der Waals surface area contributed by atoms with E-state index in [1.807, 2.05) is 18.9 Å². The molecule has 0 N–H and O–H groups in total. The molecule has 0 radical (unpaired) electrons. The highest BCUT2D eigenvalue weighted by Gasteiger charge is 2.27. The van der Waals surface area contributed by atoms with E-state index < -0.39 is 12.6 Å². The second kappa shape index (κ2) is 6.06. The van der Waals surface area contributed by atoms with Gasteiger partial charge in [0.25, 0.3) is 0 Å². The van der Waals surface area contributed by atoms with E-state index >= 15 is 0 Å². The maximum absolute atomic E-state index is 11.9. The average molecular weight is 209 g/mol. The molecule has 0 bridgehead atoms. The van der Waals surface area contributed by atoms with Crippen LogP contribution in [0.3, 0.4) is 0 Å². The summed E-state index contributed by atoms with van der Waals surface area (Å²) in [6.07, 6.45) is -3.52. The highest BCUT2D eigenvalue weighted by molar-refractivity contribution is 4.96. The zero-order chi connectivity index (χ0) is 11.2. The van der Waals surface area contributed by atoms with Gasteiger partial charge in [-0.1, -0.05) is 19.1 Å². The summed E-state index contributed by atoms with van der Waals surface area (Å²) in [6.45, 7) is 7.04. The second-order valence-corrected chi connectivity index (χ2v) is 3.60. The Bertz CT molecular complexity index is 175. The molecule has 0 rings (SSSR count). The number of alkyl halides is 3. The van der Waals surface area contributed by atoms with E-state index in [0.29, 0.717) is 13.0 Å². The summed E-state index contributed by atoms with van der Waals surface area (Å²) in [7, 11) is 1.91. The van der Waals surface area contributed by atoms with Crippen LogP contribution >= 0.6 is 0 Å². The third-order valence-corrected chi connectivity index (χ3v) is 1.90. The molecule has 0 unspecified atom stereocenters. The van der Waals surface area contributed by atoms with Crippen LogP contribution in [0.25, 0.3) is 0 Å². The minimum atomic E-state index is -4.11. The molecule has 0 heterocycles. The zero-order valence-corrected chi connectivity index (χ0v) is 8.82. The average Bonchev–Trinajstić information content (AvgIpc) is 1.98. The third-order valence-electron chi connectivity index (χ3n) is 1.90. The molecule has 14 heavy (non-hydrogen) atoms. The molecule has 0 amide bonds. The highest BCUT2D eigenvalue weighted by Crippen LogP contribution is 2.24. The van der Waals surface area contributed by atoms with E-state index in [1.54, 1.807) is 0 Å². The first-order valence-electron chi connectivity index (χ1n) is 4.77. The molecule has 0 aliphatic rings. The van der Waals surface area contributed by atoms with Crippen molar-refractivity contribution in [1.82, 2.24) is 4.90 Å². The lowest BCUT2D eigenvalue weighted by atomic mass is 10.1. The first-order chi connectivity index (χ1) is 6.35. The van der Waals surface area contributed by atoms with Gasteiger partial charge in [-0.3, -0.25) is 0 Å². The molecule has 0 aromatic heterocycles. The summed E-state index contributed by atoms with van der Waals surface area (Å²) in [5.74, 6) is 0. The summed E-state index contributed by atoms with van der Waals surface area (Å²) in [5, 5.41) is 0. The zero-order valence-electron chi connectivity index (χ0n) is 8.82. The summed E-state index contributed by atoms with van der Waals surface area (Å²) in [5.41, 5.74) is 0.264. The molecule has 84 valence electrons. The van der Waals surface area contributed by atoms with E-state index in [0.717, 1.165) is 13.0 Å². The third kappa shape index (κ3) is 8.10. The van der Waals surface area contributed by atoms with Crippen molar-refractivity contribution < 1.29 is 13.2 Å². The molecule has 0 spiro atoms. The topological polar surface area (TPSA) is 3.24 Å². The van der Waals surface area contributed by atoms with Crippen LogP contribution in [-0.4, -0.2) is 31.2 Å². The van der Waals surface area contributed by atoms with Gasteiger partial charge in [0.05, 0.1) is 6.42 Å². The van der Waals surface area contributed by atoms with Gasteiger partial charge < -0.3 is 4.90 Å². The van der Waals surface area contributed by atoms with Crippen LogP contribution < -0.4 is 0 Å². The molecule has 0 aromatic rings. The number of hydrogen-bond donors (Lipinski definition) is 0. The Kier molecular flexibility index (Phi) is 5.84. The Hall–Kier alpha value is -0.510. The fourth-order valence-electron chi connectivity index (χ4n) is 1.21. The number of rotatable bonds is 6. The number of hydrogen-bond acceptors (Lipinski definition) is 1. The first kappa shape index (κ1) is 13.5. The van der Waals surface area contributed by atoms with Crippen molar-refractivity contribution in [1.29, 1.82) is 0 Å².